The van der Waals surface area contributed by atoms with Gasteiger partial charge in [-0.15, -0.1) is 0 Å². The molecular formula is C12H17NO2. The average Bonchev–Trinajstić information content (AvgIpc) is 2.25. The van der Waals surface area contributed by atoms with Crippen molar-refractivity contribution in [2.75, 3.05) is 26.8 Å². The quantitative estimate of drug-likeness (QED) is 0.815. The number of nitrogens with one attached hydrogen (secondary N) is 1. The standard InChI is InChI=1S/C12H17NO2/c1-9-7-10(3-4-13-2)12-11(8-9)14-5-6-15-12/h7-8,13H,3-6H2,1-2H3. The molecule has 0 atom stereocenters. The Bertz CT molecular complexity index is 350. The van der Waals surface area contributed by atoms with Crippen molar-refractivity contribution in [3.05, 3.63) is 23.3 Å². The van der Waals surface area contributed by atoms with Gasteiger partial charge in [0.15, 0.2) is 11.5 Å². The molecule has 2 rings (SSSR count). The van der Waals surface area contributed by atoms with Crippen LogP contribution in [0.3, 0.4) is 0 Å². The molecule has 0 saturated heterocycles. The molecule has 3 heteroatoms. The molecule has 0 fully saturated rings. The summed E-state index contributed by atoms with van der Waals surface area (Å²) in [4.78, 5) is 0. The first-order valence-corrected chi connectivity index (χ1v) is 5.35. The molecule has 0 aromatic heterocycles. The lowest BCUT2D eigenvalue weighted by atomic mass is 10.1. The van der Waals surface area contributed by atoms with Crippen LogP contribution in [0.25, 0.3) is 0 Å². The predicted molar refractivity (Wildman–Crippen MR) is 59.8 cm³/mol. The number of hydrogen-bond acceptors (Lipinski definition) is 3. The van der Waals surface area contributed by atoms with Crippen LogP contribution in [-0.2, 0) is 6.42 Å². The first-order valence-electron chi connectivity index (χ1n) is 5.35. The van der Waals surface area contributed by atoms with Crippen LogP contribution in [0.2, 0.25) is 0 Å². The maximum absolute atomic E-state index is 5.65. The van der Waals surface area contributed by atoms with E-state index in [9.17, 15) is 0 Å². The van der Waals surface area contributed by atoms with E-state index in [0.717, 1.165) is 24.5 Å². The molecule has 1 aromatic carbocycles. The molecule has 0 bridgehead atoms. The summed E-state index contributed by atoms with van der Waals surface area (Å²) in [7, 11) is 1.96. The molecule has 0 aliphatic carbocycles. The molecule has 15 heavy (non-hydrogen) atoms. The number of fused-ring (bicyclic) bond motifs is 1. The number of benzene rings is 1. The summed E-state index contributed by atoms with van der Waals surface area (Å²) >= 11 is 0. The minimum absolute atomic E-state index is 0.655. The third-order valence-corrected chi connectivity index (χ3v) is 2.51. The molecule has 1 aromatic rings. The Morgan fingerprint density at radius 1 is 1.27 bits per heavy atom. The summed E-state index contributed by atoms with van der Waals surface area (Å²) in [5.41, 5.74) is 2.46. The van der Waals surface area contributed by atoms with Crippen molar-refractivity contribution in [1.82, 2.24) is 5.32 Å². The summed E-state index contributed by atoms with van der Waals surface area (Å²) < 4.78 is 11.2. The van der Waals surface area contributed by atoms with Gasteiger partial charge in [-0.05, 0) is 44.1 Å². The second-order valence-corrected chi connectivity index (χ2v) is 3.80. The lowest BCUT2D eigenvalue weighted by Crippen LogP contribution is -2.18. The number of likely N-dealkylation sites (N-methyl/N-ethyl adjacent to an activating group) is 1. The van der Waals surface area contributed by atoms with Crippen LogP contribution in [-0.4, -0.2) is 26.8 Å². The van der Waals surface area contributed by atoms with Crippen molar-refractivity contribution >= 4 is 0 Å². The van der Waals surface area contributed by atoms with Crippen molar-refractivity contribution in [3.63, 3.8) is 0 Å². The summed E-state index contributed by atoms with van der Waals surface area (Å²) in [6.07, 6.45) is 0.976. The maximum atomic E-state index is 5.65. The number of hydrogen-bond donors (Lipinski definition) is 1. The Kier molecular flexibility index (Phi) is 3.11. The van der Waals surface area contributed by atoms with E-state index in [4.69, 9.17) is 9.47 Å². The van der Waals surface area contributed by atoms with Crippen LogP contribution in [0.5, 0.6) is 11.5 Å². The molecule has 1 heterocycles. The third-order valence-electron chi connectivity index (χ3n) is 2.51. The first-order chi connectivity index (χ1) is 7.31. The molecule has 1 aliphatic rings. The molecule has 82 valence electrons. The lowest BCUT2D eigenvalue weighted by molar-refractivity contribution is 0.170. The van der Waals surface area contributed by atoms with Gasteiger partial charge in [-0.25, -0.2) is 0 Å². The van der Waals surface area contributed by atoms with E-state index >= 15 is 0 Å². The molecule has 0 unspecified atom stereocenters. The molecule has 0 spiro atoms. The normalized spacial score (nSPS) is 14.0. The highest BCUT2D eigenvalue weighted by molar-refractivity contribution is 5.50. The molecule has 1 N–H and O–H groups in total. The van der Waals surface area contributed by atoms with Crippen molar-refractivity contribution < 1.29 is 9.47 Å². The van der Waals surface area contributed by atoms with E-state index < -0.39 is 0 Å². The Morgan fingerprint density at radius 3 is 2.87 bits per heavy atom. The minimum Gasteiger partial charge on any atom is -0.486 e. The highest BCUT2D eigenvalue weighted by atomic mass is 16.6. The van der Waals surface area contributed by atoms with Gasteiger partial charge in [0, 0.05) is 0 Å². The Morgan fingerprint density at radius 2 is 2.07 bits per heavy atom. The van der Waals surface area contributed by atoms with Crippen LogP contribution in [0.15, 0.2) is 12.1 Å². The molecule has 1 aliphatic heterocycles. The maximum Gasteiger partial charge on any atom is 0.164 e. The van der Waals surface area contributed by atoms with E-state index in [-0.39, 0.29) is 0 Å². The van der Waals surface area contributed by atoms with Gasteiger partial charge in [0.05, 0.1) is 0 Å². The van der Waals surface area contributed by atoms with Gasteiger partial charge >= 0.3 is 0 Å². The van der Waals surface area contributed by atoms with Crippen LogP contribution >= 0.6 is 0 Å². The van der Waals surface area contributed by atoms with Gasteiger partial charge in [0.1, 0.15) is 13.2 Å². The second kappa shape index (κ2) is 4.53. The molecule has 0 saturated carbocycles. The summed E-state index contributed by atoms with van der Waals surface area (Å²) in [6, 6.07) is 4.21. The molecule has 0 amide bonds. The Labute approximate surface area is 90.4 Å². The zero-order valence-electron chi connectivity index (χ0n) is 9.30. The van der Waals surface area contributed by atoms with Crippen LogP contribution in [0.1, 0.15) is 11.1 Å². The van der Waals surface area contributed by atoms with E-state index in [0.29, 0.717) is 13.2 Å². The van der Waals surface area contributed by atoms with Crippen molar-refractivity contribution in [3.8, 4) is 11.5 Å². The Hall–Kier alpha value is -1.22. The van der Waals surface area contributed by atoms with Crippen LogP contribution in [0, 0.1) is 6.92 Å². The molecule has 3 nitrogen and oxygen atoms in total. The van der Waals surface area contributed by atoms with E-state index in [1.165, 1.54) is 11.1 Å². The van der Waals surface area contributed by atoms with Gasteiger partial charge in [-0.3, -0.25) is 0 Å². The summed E-state index contributed by atoms with van der Waals surface area (Å²) in [5, 5.41) is 3.15. The van der Waals surface area contributed by atoms with Gasteiger partial charge in [-0.2, -0.15) is 0 Å². The fraction of sp³-hybridized carbons (Fsp3) is 0.500. The van der Waals surface area contributed by atoms with Crippen molar-refractivity contribution in [2.24, 2.45) is 0 Å². The molecular weight excluding hydrogens is 190 g/mol. The topological polar surface area (TPSA) is 30.5 Å². The first kappa shape index (κ1) is 10.3. The third kappa shape index (κ3) is 2.23. The number of aryl methyl sites for hydroxylation is 1. The van der Waals surface area contributed by atoms with Gasteiger partial charge in [0.25, 0.3) is 0 Å². The molecule has 0 radical (unpaired) electrons. The average molecular weight is 207 g/mol. The van der Waals surface area contributed by atoms with Crippen molar-refractivity contribution in [1.29, 1.82) is 0 Å². The smallest absolute Gasteiger partial charge is 0.164 e. The van der Waals surface area contributed by atoms with Crippen molar-refractivity contribution in [2.45, 2.75) is 13.3 Å². The zero-order chi connectivity index (χ0) is 10.7. The van der Waals surface area contributed by atoms with Gasteiger partial charge in [-0.1, -0.05) is 6.07 Å². The number of rotatable bonds is 3. The van der Waals surface area contributed by atoms with Crippen LogP contribution in [0.4, 0.5) is 0 Å². The summed E-state index contributed by atoms with van der Waals surface area (Å²) in [6.45, 7) is 4.35. The summed E-state index contributed by atoms with van der Waals surface area (Å²) in [5.74, 6) is 1.83. The fourth-order valence-corrected chi connectivity index (χ4v) is 1.82. The fourth-order valence-electron chi connectivity index (χ4n) is 1.82. The largest absolute Gasteiger partial charge is 0.486 e. The highest BCUT2D eigenvalue weighted by Gasteiger charge is 2.16. The minimum atomic E-state index is 0.655. The second-order valence-electron chi connectivity index (χ2n) is 3.80. The van der Waals surface area contributed by atoms with Gasteiger partial charge < -0.3 is 14.8 Å². The van der Waals surface area contributed by atoms with E-state index in [1.807, 2.05) is 13.1 Å². The monoisotopic (exact) mass is 207 g/mol. The lowest BCUT2D eigenvalue weighted by Gasteiger charge is -2.21. The predicted octanol–water partition coefficient (Wildman–Crippen LogP) is 1.53. The Balaban J connectivity index is 2.30. The zero-order valence-corrected chi connectivity index (χ0v) is 9.30. The highest BCUT2D eigenvalue weighted by Crippen LogP contribution is 2.35. The van der Waals surface area contributed by atoms with E-state index in [2.05, 4.69) is 18.3 Å². The van der Waals surface area contributed by atoms with Crippen LogP contribution < -0.4 is 14.8 Å². The number of ether oxygens (including phenoxy) is 2. The van der Waals surface area contributed by atoms with E-state index in [1.54, 1.807) is 0 Å². The SMILES string of the molecule is CNCCc1cc(C)cc2c1OCCO2. The van der Waals surface area contributed by atoms with Gasteiger partial charge in [0.2, 0.25) is 0 Å².